The molecule has 1 heterocycles. The van der Waals surface area contributed by atoms with Gasteiger partial charge < -0.3 is 9.47 Å². The third-order valence-corrected chi connectivity index (χ3v) is 3.51. The highest BCUT2D eigenvalue weighted by atomic mass is 35.5. The second-order valence-corrected chi connectivity index (χ2v) is 4.96. The molecule has 2 rings (SSSR count). The van der Waals surface area contributed by atoms with E-state index in [4.69, 9.17) is 32.7 Å². The number of hydrogen-bond acceptors (Lipinski definition) is 4. The fourth-order valence-electron chi connectivity index (χ4n) is 1.90. The SMILES string of the molecule is COc1cc(C)c(Cc2cnc(Cl)nc2Cl)cc1OC. The lowest BCUT2D eigenvalue weighted by Crippen LogP contribution is -1.99. The summed E-state index contributed by atoms with van der Waals surface area (Å²) in [5.74, 6) is 1.38. The van der Waals surface area contributed by atoms with E-state index in [1.165, 1.54) is 0 Å². The smallest absolute Gasteiger partial charge is 0.223 e. The van der Waals surface area contributed by atoms with Crippen molar-refractivity contribution in [1.82, 2.24) is 9.97 Å². The van der Waals surface area contributed by atoms with E-state index in [0.717, 1.165) is 16.7 Å². The van der Waals surface area contributed by atoms with Gasteiger partial charge >= 0.3 is 0 Å². The molecule has 1 aromatic carbocycles. The molecule has 1 aromatic heterocycles. The highest BCUT2D eigenvalue weighted by molar-refractivity contribution is 6.32. The number of halogens is 2. The quantitative estimate of drug-likeness (QED) is 0.638. The van der Waals surface area contributed by atoms with Crippen molar-refractivity contribution in [3.8, 4) is 11.5 Å². The molecule has 6 heteroatoms. The third kappa shape index (κ3) is 3.14. The highest BCUT2D eigenvalue weighted by Crippen LogP contribution is 2.31. The molecule has 106 valence electrons. The molecule has 0 unspecified atom stereocenters. The lowest BCUT2D eigenvalue weighted by Gasteiger charge is -2.13. The maximum atomic E-state index is 6.07. The van der Waals surface area contributed by atoms with E-state index in [9.17, 15) is 0 Å². The van der Waals surface area contributed by atoms with Gasteiger partial charge in [-0.2, -0.15) is 0 Å². The molecule has 0 saturated heterocycles. The number of ether oxygens (including phenoxy) is 2. The second-order valence-electron chi connectivity index (χ2n) is 4.27. The van der Waals surface area contributed by atoms with Crippen molar-refractivity contribution < 1.29 is 9.47 Å². The van der Waals surface area contributed by atoms with Gasteiger partial charge in [0.2, 0.25) is 5.28 Å². The standard InChI is InChI=1S/C14H14Cl2N2O2/c1-8-4-11(19-2)12(20-3)6-9(8)5-10-7-17-14(16)18-13(10)15/h4,6-7H,5H2,1-3H3. The Morgan fingerprint density at radius 1 is 1.05 bits per heavy atom. The highest BCUT2D eigenvalue weighted by Gasteiger charge is 2.11. The van der Waals surface area contributed by atoms with Crippen molar-refractivity contribution >= 4 is 23.2 Å². The van der Waals surface area contributed by atoms with Gasteiger partial charge in [0.25, 0.3) is 0 Å². The molecular formula is C14H14Cl2N2O2. The van der Waals surface area contributed by atoms with Crippen LogP contribution in [-0.2, 0) is 6.42 Å². The normalized spacial score (nSPS) is 10.4. The largest absolute Gasteiger partial charge is 0.493 e. The minimum atomic E-state index is 0.141. The second kappa shape index (κ2) is 6.29. The maximum absolute atomic E-state index is 6.07. The Labute approximate surface area is 127 Å². The Balaban J connectivity index is 2.38. The molecule has 2 aromatic rings. The number of hydrogen-bond donors (Lipinski definition) is 0. The monoisotopic (exact) mass is 312 g/mol. The summed E-state index contributed by atoms with van der Waals surface area (Å²) >= 11 is 11.8. The van der Waals surface area contributed by atoms with E-state index in [-0.39, 0.29) is 5.28 Å². The number of rotatable bonds is 4. The van der Waals surface area contributed by atoms with Crippen LogP contribution in [0.1, 0.15) is 16.7 Å². The van der Waals surface area contributed by atoms with Gasteiger partial charge in [-0.25, -0.2) is 9.97 Å². The van der Waals surface area contributed by atoms with E-state index in [0.29, 0.717) is 23.1 Å². The van der Waals surface area contributed by atoms with Gasteiger partial charge in [-0.05, 0) is 41.8 Å². The summed E-state index contributed by atoms with van der Waals surface area (Å²) in [7, 11) is 3.22. The van der Waals surface area contributed by atoms with Crippen molar-refractivity contribution in [1.29, 1.82) is 0 Å². The minimum absolute atomic E-state index is 0.141. The van der Waals surface area contributed by atoms with Crippen LogP contribution in [0.3, 0.4) is 0 Å². The lowest BCUT2D eigenvalue weighted by atomic mass is 10.0. The Hall–Kier alpha value is -1.52. The number of benzene rings is 1. The average Bonchev–Trinajstić information content (AvgIpc) is 2.43. The average molecular weight is 313 g/mol. The summed E-state index contributed by atoms with van der Waals surface area (Å²) in [6.07, 6.45) is 2.23. The fourth-order valence-corrected chi connectivity index (χ4v) is 2.28. The van der Waals surface area contributed by atoms with Gasteiger partial charge in [-0.3, -0.25) is 0 Å². The molecule has 0 saturated carbocycles. The summed E-state index contributed by atoms with van der Waals surface area (Å²) in [6.45, 7) is 2.00. The van der Waals surface area contributed by atoms with E-state index in [1.54, 1.807) is 20.4 Å². The van der Waals surface area contributed by atoms with Crippen LogP contribution >= 0.6 is 23.2 Å². The fraction of sp³-hybridized carbons (Fsp3) is 0.286. The molecule has 0 bridgehead atoms. The number of aryl methyl sites for hydroxylation is 1. The summed E-state index contributed by atoms with van der Waals surface area (Å²) in [4.78, 5) is 7.90. The summed E-state index contributed by atoms with van der Waals surface area (Å²) in [5, 5.41) is 0.502. The van der Waals surface area contributed by atoms with Crippen molar-refractivity contribution in [3.05, 3.63) is 45.5 Å². The predicted molar refractivity (Wildman–Crippen MR) is 79.1 cm³/mol. The van der Waals surface area contributed by atoms with Gasteiger partial charge in [-0.1, -0.05) is 11.6 Å². The van der Waals surface area contributed by atoms with Crippen molar-refractivity contribution in [2.45, 2.75) is 13.3 Å². The van der Waals surface area contributed by atoms with Crippen LogP contribution in [0.4, 0.5) is 0 Å². The Morgan fingerprint density at radius 2 is 1.70 bits per heavy atom. The number of nitrogens with zero attached hydrogens (tertiary/aromatic N) is 2. The van der Waals surface area contributed by atoms with Crippen LogP contribution in [0.25, 0.3) is 0 Å². The molecule has 0 aliphatic carbocycles. The van der Waals surface area contributed by atoms with Crippen LogP contribution in [0.15, 0.2) is 18.3 Å². The van der Waals surface area contributed by atoms with Gasteiger partial charge in [0, 0.05) is 18.2 Å². The van der Waals surface area contributed by atoms with Gasteiger partial charge in [0.1, 0.15) is 5.15 Å². The lowest BCUT2D eigenvalue weighted by molar-refractivity contribution is 0.354. The van der Waals surface area contributed by atoms with Crippen LogP contribution in [0.2, 0.25) is 10.4 Å². The molecule has 20 heavy (non-hydrogen) atoms. The zero-order chi connectivity index (χ0) is 14.7. The first-order valence-electron chi connectivity index (χ1n) is 5.93. The van der Waals surface area contributed by atoms with Crippen molar-refractivity contribution in [2.24, 2.45) is 0 Å². The topological polar surface area (TPSA) is 44.2 Å². The van der Waals surface area contributed by atoms with Gasteiger partial charge in [0.15, 0.2) is 11.5 Å². The first-order valence-corrected chi connectivity index (χ1v) is 6.69. The van der Waals surface area contributed by atoms with Gasteiger partial charge in [-0.15, -0.1) is 0 Å². The zero-order valence-corrected chi connectivity index (χ0v) is 12.9. The molecule has 0 amide bonds. The van der Waals surface area contributed by atoms with E-state index < -0.39 is 0 Å². The first-order chi connectivity index (χ1) is 9.55. The number of methoxy groups -OCH3 is 2. The molecule has 0 aliphatic rings. The van der Waals surface area contributed by atoms with Crippen molar-refractivity contribution in [3.63, 3.8) is 0 Å². The molecule has 0 fully saturated rings. The van der Waals surface area contributed by atoms with Crippen LogP contribution in [-0.4, -0.2) is 24.2 Å². The molecular weight excluding hydrogens is 299 g/mol. The van der Waals surface area contributed by atoms with Crippen LogP contribution < -0.4 is 9.47 Å². The summed E-state index contributed by atoms with van der Waals surface area (Å²) in [5.41, 5.74) is 2.95. The van der Waals surface area contributed by atoms with E-state index >= 15 is 0 Å². The van der Waals surface area contributed by atoms with E-state index in [2.05, 4.69) is 9.97 Å². The summed E-state index contributed by atoms with van der Waals surface area (Å²) < 4.78 is 10.6. The molecule has 0 spiro atoms. The molecule has 0 aliphatic heterocycles. The van der Waals surface area contributed by atoms with Crippen LogP contribution in [0, 0.1) is 6.92 Å². The van der Waals surface area contributed by atoms with Crippen LogP contribution in [0.5, 0.6) is 11.5 Å². The Morgan fingerprint density at radius 3 is 2.30 bits per heavy atom. The molecule has 4 nitrogen and oxygen atoms in total. The number of aromatic nitrogens is 2. The zero-order valence-electron chi connectivity index (χ0n) is 11.4. The maximum Gasteiger partial charge on any atom is 0.223 e. The Bertz CT molecular complexity index is 633. The van der Waals surface area contributed by atoms with Crippen molar-refractivity contribution in [2.75, 3.05) is 14.2 Å². The summed E-state index contributed by atoms with van der Waals surface area (Å²) in [6, 6.07) is 3.86. The molecule has 0 N–H and O–H groups in total. The minimum Gasteiger partial charge on any atom is -0.493 e. The third-order valence-electron chi connectivity index (χ3n) is 3.01. The van der Waals surface area contributed by atoms with E-state index in [1.807, 2.05) is 19.1 Å². The molecule has 0 atom stereocenters. The first kappa shape index (κ1) is 14.9. The predicted octanol–water partition coefficient (Wildman–Crippen LogP) is 3.70. The van der Waals surface area contributed by atoms with Gasteiger partial charge in [0.05, 0.1) is 14.2 Å². The Kier molecular flexibility index (Phi) is 4.68. The molecule has 0 radical (unpaired) electrons.